The van der Waals surface area contributed by atoms with Gasteiger partial charge in [0, 0.05) is 39.3 Å². The molecule has 1 fully saturated rings. The summed E-state index contributed by atoms with van der Waals surface area (Å²) < 4.78 is 29.4. The Balaban J connectivity index is 2.29. The summed E-state index contributed by atoms with van der Waals surface area (Å²) in [4.78, 5) is 11.6. The molecule has 112 valence electrons. The molecule has 0 aliphatic heterocycles. The smallest absolute Gasteiger partial charge is 0.223 e. The highest BCUT2D eigenvalue weighted by Crippen LogP contribution is 2.25. The maximum Gasteiger partial charge on any atom is 0.223 e. The first-order valence-corrected chi connectivity index (χ1v) is 8.51. The van der Waals surface area contributed by atoms with Gasteiger partial charge in [0.25, 0.3) is 0 Å². The van der Waals surface area contributed by atoms with E-state index in [1.54, 1.807) is 7.11 Å². The lowest BCUT2D eigenvalue weighted by Gasteiger charge is -2.25. The zero-order valence-electron chi connectivity index (χ0n) is 11.7. The summed E-state index contributed by atoms with van der Waals surface area (Å²) in [6, 6.07) is 0. The Morgan fingerprint density at radius 1 is 1.37 bits per heavy atom. The second-order valence-electron chi connectivity index (χ2n) is 4.93. The molecule has 0 aromatic rings. The molecular weight excluding hydrogens is 268 g/mol. The van der Waals surface area contributed by atoms with E-state index in [0.29, 0.717) is 32.7 Å². The van der Waals surface area contributed by atoms with Gasteiger partial charge in [-0.25, -0.2) is 12.7 Å². The van der Waals surface area contributed by atoms with Crippen LogP contribution in [0.1, 0.15) is 25.7 Å². The van der Waals surface area contributed by atoms with Crippen molar-refractivity contribution in [2.45, 2.75) is 25.7 Å². The highest BCUT2D eigenvalue weighted by molar-refractivity contribution is 7.88. The van der Waals surface area contributed by atoms with Gasteiger partial charge in [0.1, 0.15) is 0 Å². The predicted molar refractivity (Wildman–Crippen MR) is 73.3 cm³/mol. The van der Waals surface area contributed by atoms with Crippen molar-refractivity contribution in [1.82, 2.24) is 9.62 Å². The molecule has 1 rings (SSSR count). The first-order chi connectivity index (χ1) is 8.95. The van der Waals surface area contributed by atoms with Crippen LogP contribution in [0.25, 0.3) is 0 Å². The molecule has 1 saturated carbocycles. The fourth-order valence-electron chi connectivity index (χ4n) is 1.95. The number of methoxy groups -OCH3 is 1. The number of sulfonamides is 1. The normalized spacial score (nSPS) is 16.4. The van der Waals surface area contributed by atoms with Crippen LogP contribution in [0.15, 0.2) is 0 Å². The Kier molecular flexibility index (Phi) is 6.74. The molecule has 0 spiro atoms. The van der Waals surface area contributed by atoms with Gasteiger partial charge in [-0.1, -0.05) is 6.42 Å². The number of carbonyl (C=O) groups excluding carboxylic acids is 1. The number of hydrogen-bond donors (Lipinski definition) is 1. The molecular formula is C12H24N2O4S. The third-order valence-corrected chi connectivity index (χ3v) is 4.66. The van der Waals surface area contributed by atoms with Crippen LogP contribution in [0.3, 0.4) is 0 Å². The van der Waals surface area contributed by atoms with Crippen molar-refractivity contribution in [2.75, 3.05) is 39.6 Å². The van der Waals surface area contributed by atoms with Crippen molar-refractivity contribution in [1.29, 1.82) is 0 Å². The fraction of sp³-hybridized carbons (Fsp3) is 0.917. The minimum absolute atomic E-state index is 0.0524. The molecule has 0 heterocycles. The van der Waals surface area contributed by atoms with E-state index in [2.05, 4.69) is 5.32 Å². The number of nitrogens with zero attached hydrogens (tertiary/aromatic N) is 1. The topological polar surface area (TPSA) is 75.7 Å². The Morgan fingerprint density at radius 2 is 2.05 bits per heavy atom. The van der Waals surface area contributed by atoms with Gasteiger partial charge in [-0.3, -0.25) is 4.79 Å². The van der Waals surface area contributed by atoms with E-state index in [1.165, 1.54) is 10.6 Å². The Morgan fingerprint density at radius 3 is 2.53 bits per heavy atom. The summed E-state index contributed by atoms with van der Waals surface area (Å²) in [7, 11) is -1.64. The largest absolute Gasteiger partial charge is 0.385 e. The SMILES string of the molecule is COCCCN(CCNC(=O)C1CCC1)S(C)(=O)=O. The monoisotopic (exact) mass is 292 g/mol. The molecule has 0 aromatic carbocycles. The molecule has 0 unspecified atom stereocenters. The minimum atomic E-state index is -3.23. The second kappa shape index (κ2) is 7.81. The lowest BCUT2D eigenvalue weighted by Crippen LogP contribution is -2.41. The van der Waals surface area contributed by atoms with Gasteiger partial charge in [-0.15, -0.1) is 0 Å². The molecule has 0 atom stereocenters. The maximum absolute atomic E-state index is 11.6. The molecule has 0 aromatic heterocycles. The third-order valence-electron chi connectivity index (χ3n) is 3.36. The van der Waals surface area contributed by atoms with Crippen molar-refractivity contribution in [3.8, 4) is 0 Å². The summed E-state index contributed by atoms with van der Waals surface area (Å²) in [6.07, 6.45) is 4.86. The van der Waals surface area contributed by atoms with Crippen LogP contribution in [0.5, 0.6) is 0 Å². The van der Waals surface area contributed by atoms with Gasteiger partial charge >= 0.3 is 0 Å². The first-order valence-electron chi connectivity index (χ1n) is 6.67. The second-order valence-corrected chi connectivity index (χ2v) is 6.91. The van der Waals surface area contributed by atoms with Crippen molar-refractivity contribution < 1.29 is 17.9 Å². The Hall–Kier alpha value is -0.660. The van der Waals surface area contributed by atoms with Crippen LogP contribution in [-0.2, 0) is 19.6 Å². The van der Waals surface area contributed by atoms with Crippen LogP contribution < -0.4 is 5.32 Å². The zero-order valence-corrected chi connectivity index (χ0v) is 12.5. The standard InChI is InChI=1S/C12H24N2O4S/c1-18-10-4-8-14(19(2,16)17)9-7-13-12(15)11-5-3-6-11/h11H,3-10H2,1-2H3,(H,13,15). The van der Waals surface area contributed by atoms with Crippen LogP contribution in [0.4, 0.5) is 0 Å². The summed E-state index contributed by atoms with van der Waals surface area (Å²) >= 11 is 0. The van der Waals surface area contributed by atoms with E-state index in [9.17, 15) is 13.2 Å². The molecule has 6 nitrogen and oxygen atoms in total. The molecule has 0 saturated heterocycles. The number of amides is 1. The van der Waals surface area contributed by atoms with E-state index in [4.69, 9.17) is 4.74 Å². The fourth-order valence-corrected chi connectivity index (χ4v) is 2.83. The summed E-state index contributed by atoms with van der Waals surface area (Å²) in [5.41, 5.74) is 0. The van der Waals surface area contributed by atoms with Crippen LogP contribution in [-0.4, -0.2) is 58.2 Å². The number of nitrogens with one attached hydrogen (secondary N) is 1. The van der Waals surface area contributed by atoms with Crippen molar-refractivity contribution in [3.63, 3.8) is 0 Å². The number of carbonyl (C=O) groups is 1. The highest BCUT2D eigenvalue weighted by Gasteiger charge is 2.25. The third kappa shape index (κ3) is 5.88. The van der Waals surface area contributed by atoms with Crippen molar-refractivity contribution >= 4 is 15.9 Å². The van der Waals surface area contributed by atoms with E-state index in [-0.39, 0.29) is 11.8 Å². The van der Waals surface area contributed by atoms with E-state index in [0.717, 1.165) is 19.3 Å². The summed E-state index contributed by atoms with van der Waals surface area (Å²) in [6.45, 7) is 1.64. The average molecular weight is 292 g/mol. The summed E-state index contributed by atoms with van der Waals surface area (Å²) in [5.74, 6) is 0.191. The van der Waals surface area contributed by atoms with E-state index < -0.39 is 10.0 Å². The quantitative estimate of drug-likeness (QED) is 0.616. The Labute approximate surface area is 115 Å². The van der Waals surface area contributed by atoms with Gasteiger partial charge in [-0.2, -0.15) is 0 Å². The molecule has 0 radical (unpaired) electrons. The van der Waals surface area contributed by atoms with Crippen molar-refractivity contribution in [3.05, 3.63) is 0 Å². The minimum Gasteiger partial charge on any atom is -0.385 e. The first kappa shape index (κ1) is 16.4. The number of ether oxygens (including phenoxy) is 1. The van der Waals surface area contributed by atoms with Gasteiger partial charge in [0.05, 0.1) is 6.26 Å². The van der Waals surface area contributed by atoms with E-state index >= 15 is 0 Å². The molecule has 1 amide bonds. The van der Waals surface area contributed by atoms with Gasteiger partial charge in [0.15, 0.2) is 0 Å². The van der Waals surface area contributed by atoms with Crippen LogP contribution in [0, 0.1) is 5.92 Å². The van der Waals surface area contributed by atoms with E-state index in [1.807, 2.05) is 0 Å². The highest BCUT2D eigenvalue weighted by atomic mass is 32.2. The molecule has 7 heteroatoms. The van der Waals surface area contributed by atoms with Crippen LogP contribution in [0.2, 0.25) is 0 Å². The lowest BCUT2D eigenvalue weighted by atomic mass is 9.85. The zero-order chi connectivity index (χ0) is 14.3. The van der Waals surface area contributed by atoms with Gasteiger partial charge in [0.2, 0.25) is 15.9 Å². The van der Waals surface area contributed by atoms with Gasteiger partial charge in [-0.05, 0) is 19.3 Å². The predicted octanol–water partition coefficient (Wildman–Crippen LogP) is 0.201. The molecule has 19 heavy (non-hydrogen) atoms. The van der Waals surface area contributed by atoms with Crippen molar-refractivity contribution in [2.24, 2.45) is 5.92 Å². The molecule has 0 bridgehead atoms. The van der Waals surface area contributed by atoms with Crippen LogP contribution >= 0.6 is 0 Å². The summed E-state index contributed by atoms with van der Waals surface area (Å²) in [5, 5.41) is 2.80. The average Bonchev–Trinajstić information content (AvgIpc) is 2.23. The number of hydrogen-bond acceptors (Lipinski definition) is 4. The Bertz CT molecular complexity index is 379. The lowest BCUT2D eigenvalue weighted by molar-refractivity contribution is -0.127. The maximum atomic E-state index is 11.6. The molecule has 1 aliphatic carbocycles. The molecule has 1 aliphatic rings. The van der Waals surface area contributed by atoms with Gasteiger partial charge < -0.3 is 10.1 Å². The number of rotatable bonds is 9. The molecule has 1 N–H and O–H groups in total.